The number of amides is 1. The van der Waals surface area contributed by atoms with Gasteiger partial charge >= 0.3 is 6.09 Å². The molecule has 2 fully saturated rings. The van der Waals surface area contributed by atoms with E-state index in [1.54, 1.807) is 39.8 Å². The number of alkyl halides is 2. The Morgan fingerprint density at radius 3 is 2.39 bits per heavy atom. The largest absolute Gasteiger partial charge is 0.444 e. The summed E-state index contributed by atoms with van der Waals surface area (Å²) in [5.41, 5.74) is -1.11. The molecule has 170 valence electrons. The van der Waals surface area contributed by atoms with Crippen LogP contribution in [0, 0.1) is 11.3 Å². The molecule has 3 rings (SSSR count). The third-order valence-corrected chi connectivity index (χ3v) is 6.03. The molecule has 1 aliphatic heterocycles. The van der Waals surface area contributed by atoms with Crippen LogP contribution in [0.15, 0.2) is 17.2 Å². The van der Waals surface area contributed by atoms with Crippen molar-refractivity contribution in [1.82, 2.24) is 9.91 Å². The van der Waals surface area contributed by atoms with Crippen molar-refractivity contribution in [3.05, 3.63) is 33.8 Å². The highest BCUT2D eigenvalue weighted by Crippen LogP contribution is 2.59. The lowest BCUT2D eigenvalue weighted by Gasteiger charge is -2.59. The van der Waals surface area contributed by atoms with Gasteiger partial charge in [0.25, 0.3) is 5.92 Å². The number of hydrazone groups is 1. The molecule has 0 aromatic heterocycles. The highest BCUT2D eigenvalue weighted by Gasteiger charge is 2.61. The van der Waals surface area contributed by atoms with E-state index in [0.717, 1.165) is 0 Å². The smallest absolute Gasteiger partial charge is 0.410 e. The van der Waals surface area contributed by atoms with Crippen LogP contribution in [0.25, 0.3) is 0 Å². The molecular formula is C22H28ClF2N3O3. The molecule has 1 aromatic rings. The molecule has 0 unspecified atom stereocenters. The summed E-state index contributed by atoms with van der Waals surface area (Å²) in [5.74, 6) is -4.05. The Balaban J connectivity index is 1.75. The monoisotopic (exact) mass is 455 g/mol. The molecule has 0 N–H and O–H groups in total. The van der Waals surface area contributed by atoms with Crippen molar-refractivity contribution in [3.8, 4) is 0 Å². The summed E-state index contributed by atoms with van der Waals surface area (Å²) in [7, 11) is 3.31. The molecule has 9 heteroatoms. The number of rotatable bonds is 5. The zero-order chi connectivity index (χ0) is 23.2. The van der Waals surface area contributed by atoms with Gasteiger partial charge in [-0.3, -0.25) is 4.79 Å². The van der Waals surface area contributed by atoms with Gasteiger partial charge in [0.05, 0.1) is 11.2 Å². The number of halogens is 3. The summed E-state index contributed by atoms with van der Waals surface area (Å²) in [6, 6.07) is 2.59. The summed E-state index contributed by atoms with van der Waals surface area (Å²) >= 11 is 6.06. The number of carbonyl (C=O) groups excluding carboxylic acids is 2. The van der Waals surface area contributed by atoms with Crippen molar-refractivity contribution < 1.29 is 23.1 Å². The average Bonchev–Trinajstić information content (AvgIpc) is 2.55. The maximum atomic E-state index is 15.5. The van der Waals surface area contributed by atoms with Crippen molar-refractivity contribution >= 4 is 30.2 Å². The van der Waals surface area contributed by atoms with Gasteiger partial charge in [-0.05, 0) is 39.7 Å². The minimum Gasteiger partial charge on any atom is -0.444 e. The number of nitrogens with zero attached hydrogens (tertiary/aromatic N) is 3. The van der Waals surface area contributed by atoms with Crippen molar-refractivity contribution in [2.45, 2.75) is 45.1 Å². The summed E-state index contributed by atoms with van der Waals surface area (Å²) in [5, 5.41) is 5.59. The van der Waals surface area contributed by atoms with E-state index >= 15 is 8.78 Å². The molecule has 6 nitrogen and oxygen atoms in total. The SMILES string of the molecule is CN(C)/N=C\c1c(C(F)(F)C2CC3(C2)CN(C(=O)OC(C)(C)C)C3)ccc(Cl)c1C=O. The van der Waals surface area contributed by atoms with Gasteiger partial charge in [0.1, 0.15) is 5.60 Å². The van der Waals surface area contributed by atoms with E-state index < -0.39 is 23.5 Å². The molecule has 1 spiro atoms. The second kappa shape index (κ2) is 8.04. The van der Waals surface area contributed by atoms with Crippen molar-refractivity contribution in [2.24, 2.45) is 16.4 Å². The fourth-order valence-corrected chi connectivity index (χ4v) is 4.48. The molecule has 2 aliphatic rings. The number of hydrogen-bond donors (Lipinski definition) is 0. The minimum atomic E-state index is -3.16. The Labute approximate surface area is 186 Å². The lowest BCUT2D eigenvalue weighted by Crippen LogP contribution is -2.65. The Morgan fingerprint density at radius 2 is 1.87 bits per heavy atom. The number of ether oxygens (including phenoxy) is 1. The highest BCUT2D eigenvalue weighted by atomic mass is 35.5. The summed E-state index contributed by atoms with van der Waals surface area (Å²) in [4.78, 5) is 25.2. The van der Waals surface area contributed by atoms with E-state index in [4.69, 9.17) is 16.3 Å². The topological polar surface area (TPSA) is 62.2 Å². The normalized spacial score (nSPS) is 18.6. The predicted molar refractivity (Wildman–Crippen MR) is 115 cm³/mol. The molecule has 1 saturated carbocycles. The van der Waals surface area contributed by atoms with Crippen molar-refractivity contribution in [3.63, 3.8) is 0 Å². The molecular weight excluding hydrogens is 428 g/mol. The van der Waals surface area contributed by atoms with E-state index in [-0.39, 0.29) is 27.1 Å². The summed E-state index contributed by atoms with van der Waals surface area (Å²) < 4.78 is 36.3. The zero-order valence-corrected chi connectivity index (χ0v) is 19.2. The van der Waals surface area contributed by atoms with Gasteiger partial charge in [0.2, 0.25) is 0 Å². The third kappa shape index (κ3) is 4.68. The molecule has 0 radical (unpaired) electrons. The zero-order valence-electron chi connectivity index (χ0n) is 18.4. The molecule has 1 saturated heterocycles. The van der Waals surface area contributed by atoms with Crippen LogP contribution in [-0.2, 0) is 10.7 Å². The lowest BCUT2D eigenvalue weighted by atomic mass is 9.55. The fourth-order valence-electron chi connectivity index (χ4n) is 4.27. The number of carbonyl (C=O) groups is 2. The Morgan fingerprint density at radius 1 is 1.26 bits per heavy atom. The van der Waals surface area contributed by atoms with Crippen LogP contribution in [0.2, 0.25) is 5.02 Å². The van der Waals surface area contributed by atoms with E-state index in [2.05, 4.69) is 5.10 Å². The first-order chi connectivity index (χ1) is 14.3. The average molecular weight is 456 g/mol. The van der Waals surface area contributed by atoms with Crippen LogP contribution in [-0.4, -0.2) is 61.3 Å². The molecule has 1 aromatic carbocycles. The Kier molecular flexibility index (Phi) is 6.08. The first-order valence-electron chi connectivity index (χ1n) is 10.1. The van der Waals surface area contributed by atoms with Crippen LogP contribution in [0.4, 0.5) is 13.6 Å². The van der Waals surface area contributed by atoms with Gasteiger partial charge in [0, 0.05) is 55.2 Å². The second-order valence-corrected chi connectivity index (χ2v) is 10.1. The van der Waals surface area contributed by atoms with E-state index in [0.29, 0.717) is 32.2 Å². The summed E-state index contributed by atoms with van der Waals surface area (Å²) in [6.45, 7) is 6.21. The third-order valence-electron chi connectivity index (χ3n) is 5.70. The van der Waals surface area contributed by atoms with Gasteiger partial charge < -0.3 is 14.6 Å². The predicted octanol–water partition coefficient (Wildman–Crippen LogP) is 4.79. The van der Waals surface area contributed by atoms with Crippen LogP contribution in [0.1, 0.15) is 55.1 Å². The second-order valence-electron chi connectivity index (χ2n) is 9.70. The van der Waals surface area contributed by atoms with Crippen LogP contribution in [0.5, 0.6) is 0 Å². The van der Waals surface area contributed by atoms with Gasteiger partial charge in [-0.1, -0.05) is 17.7 Å². The quantitative estimate of drug-likeness (QED) is 0.364. The maximum absolute atomic E-state index is 15.5. The van der Waals surface area contributed by atoms with Gasteiger partial charge in [-0.2, -0.15) is 5.10 Å². The van der Waals surface area contributed by atoms with Crippen LogP contribution < -0.4 is 0 Å². The minimum absolute atomic E-state index is 0.00164. The molecule has 1 heterocycles. The highest BCUT2D eigenvalue weighted by molar-refractivity contribution is 6.33. The molecule has 1 aliphatic carbocycles. The van der Waals surface area contributed by atoms with Gasteiger partial charge in [-0.25, -0.2) is 13.6 Å². The summed E-state index contributed by atoms with van der Waals surface area (Å²) in [6.07, 6.45) is 1.90. The standard InChI is InChI=1S/C22H28ClF2N3O3/c1-20(2,3)31-19(30)28-12-21(13-28)8-14(9-21)22(24,25)17-6-7-18(23)16(11-29)15(17)10-26-27(4)5/h6-7,10-11,14H,8-9,12-13H2,1-5H3/b26-10-. The molecule has 1 amide bonds. The van der Waals surface area contributed by atoms with Gasteiger partial charge in [-0.15, -0.1) is 0 Å². The molecule has 31 heavy (non-hydrogen) atoms. The van der Waals surface area contributed by atoms with Crippen molar-refractivity contribution in [2.75, 3.05) is 27.2 Å². The Hall–Kier alpha value is -2.22. The number of likely N-dealkylation sites (tertiary alicyclic amines) is 1. The van der Waals surface area contributed by atoms with Crippen LogP contribution in [0.3, 0.4) is 0 Å². The van der Waals surface area contributed by atoms with E-state index in [9.17, 15) is 9.59 Å². The molecule has 0 atom stereocenters. The van der Waals surface area contributed by atoms with Crippen LogP contribution >= 0.6 is 11.6 Å². The van der Waals surface area contributed by atoms with Crippen molar-refractivity contribution in [1.29, 1.82) is 0 Å². The lowest BCUT2D eigenvalue weighted by molar-refractivity contribution is -0.181. The maximum Gasteiger partial charge on any atom is 0.410 e. The number of hydrogen-bond acceptors (Lipinski definition) is 5. The number of aldehydes is 1. The molecule has 0 bridgehead atoms. The van der Waals surface area contributed by atoms with Gasteiger partial charge in [0.15, 0.2) is 6.29 Å². The first-order valence-corrected chi connectivity index (χ1v) is 10.5. The van der Waals surface area contributed by atoms with E-state index in [1.165, 1.54) is 23.4 Å². The first kappa shape index (κ1) is 23.4. The Bertz CT molecular complexity index is 898. The number of benzene rings is 1. The fraction of sp³-hybridized carbons (Fsp3) is 0.591. The van der Waals surface area contributed by atoms with E-state index in [1.807, 2.05) is 0 Å².